The lowest BCUT2D eigenvalue weighted by Gasteiger charge is -2.28. The molecule has 46 heavy (non-hydrogen) atoms. The minimum atomic E-state index is -4.83. The number of Topliss-reactive ketones (excluding diaryl/α,β-unsaturated/α-hetero) is 1. The van der Waals surface area contributed by atoms with Gasteiger partial charge in [-0.1, -0.05) is 148 Å². The first-order chi connectivity index (χ1) is 22.2. The normalized spacial score (nSPS) is 14.2. The number of phosphoric ester groups is 1. The lowest BCUT2D eigenvalue weighted by Crippen LogP contribution is -2.36. The van der Waals surface area contributed by atoms with Crippen LogP contribution >= 0.6 is 7.82 Å². The van der Waals surface area contributed by atoms with Gasteiger partial charge in [0.05, 0.1) is 25.4 Å². The van der Waals surface area contributed by atoms with E-state index in [2.05, 4.69) is 26.0 Å². The van der Waals surface area contributed by atoms with E-state index in [-0.39, 0.29) is 18.8 Å². The van der Waals surface area contributed by atoms with E-state index in [1.165, 1.54) is 103 Å². The van der Waals surface area contributed by atoms with Crippen molar-refractivity contribution in [2.45, 2.75) is 206 Å². The van der Waals surface area contributed by atoms with E-state index < -0.39 is 32.7 Å². The van der Waals surface area contributed by atoms with Gasteiger partial charge in [0.15, 0.2) is 0 Å². The molecule has 0 saturated carbocycles. The fourth-order valence-electron chi connectivity index (χ4n) is 5.80. The summed E-state index contributed by atoms with van der Waals surface area (Å²) < 4.78 is 22.7. The third kappa shape index (κ3) is 32.0. The minimum absolute atomic E-state index is 0.0394. The zero-order chi connectivity index (χ0) is 34.1. The number of hydrogen-bond acceptors (Lipinski definition) is 6. The molecule has 274 valence electrons. The molecule has 0 spiro atoms. The Morgan fingerprint density at radius 1 is 0.652 bits per heavy atom. The second-order valence-corrected chi connectivity index (χ2v) is 14.4. The van der Waals surface area contributed by atoms with E-state index >= 15 is 0 Å². The molecule has 0 saturated heterocycles. The van der Waals surface area contributed by atoms with Gasteiger partial charge in [0.1, 0.15) is 11.9 Å². The van der Waals surface area contributed by atoms with Crippen molar-refractivity contribution in [3.05, 3.63) is 12.2 Å². The Morgan fingerprint density at radius 3 is 1.54 bits per heavy atom. The molecule has 0 aromatic rings. The van der Waals surface area contributed by atoms with Crippen molar-refractivity contribution in [3.8, 4) is 0 Å². The molecular formula is C37H73O8P. The highest BCUT2D eigenvalue weighted by molar-refractivity contribution is 7.46. The summed E-state index contributed by atoms with van der Waals surface area (Å²) in [5.74, 6) is -0.0404. The molecule has 8 nitrogen and oxygen atoms in total. The molecule has 0 rings (SSSR count). The summed E-state index contributed by atoms with van der Waals surface area (Å²) in [6, 6.07) is 0. The van der Waals surface area contributed by atoms with Crippen LogP contribution in [0.4, 0.5) is 0 Å². The number of carbonyl (C=O) groups is 1. The zero-order valence-electron chi connectivity index (χ0n) is 29.8. The highest BCUT2D eigenvalue weighted by Crippen LogP contribution is 2.40. The number of phosphoric acid groups is 1. The van der Waals surface area contributed by atoms with Gasteiger partial charge in [0.25, 0.3) is 0 Å². The highest BCUT2D eigenvalue weighted by Gasteiger charge is 2.31. The molecule has 0 amide bonds. The summed E-state index contributed by atoms with van der Waals surface area (Å²) in [6.07, 6.45) is 30.3. The largest absolute Gasteiger partial charge is 0.469 e. The molecule has 0 heterocycles. The summed E-state index contributed by atoms with van der Waals surface area (Å²) in [6.45, 7) is 3.73. The van der Waals surface area contributed by atoms with Crippen molar-refractivity contribution in [3.63, 3.8) is 0 Å². The monoisotopic (exact) mass is 677 g/mol. The van der Waals surface area contributed by atoms with Gasteiger partial charge < -0.3 is 24.7 Å². The predicted octanol–water partition coefficient (Wildman–Crippen LogP) is 9.90. The Hall–Kier alpha value is -0.600. The molecule has 0 aliphatic carbocycles. The lowest BCUT2D eigenvalue weighted by atomic mass is 9.98. The van der Waals surface area contributed by atoms with Gasteiger partial charge in [-0.3, -0.25) is 9.32 Å². The Kier molecular flexibility index (Phi) is 32.5. The molecule has 0 fully saturated rings. The molecule has 3 atom stereocenters. The van der Waals surface area contributed by atoms with Crippen LogP contribution < -0.4 is 0 Å². The van der Waals surface area contributed by atoms with Crippen LogP contribution in [0.15, 0.2) is 12.2 Å². The van der Waals surface area contributed by atoms with Crippen molar-refractivity contribution in [2.24, 2.45) is 0 Å². The molecule has 4 N–H and O–H groups in total. The van der Waals surface area contributed by atoms with Gasteiger partial charge >= 0.3 is 7.82 Å². The first-order valence-corrected chi connectivity index (χ1v) is 20.6. The maximum absolute atomic E-state index is 12.9. The van der Waals surface area contributed by atoms with Crippen LogP contribution in [-0.4, -0.2) is 57.3 Å². The average molecular weight is 677 g/mol. The van der Waals surface area contributed by atoms with E-state index in [4.69, 9.17) is 9.26 Å². The van der Waals surface area contributed by atoms with Crippen LogP contribution in [0.25, 0.3) is 0 Å². The lowest BCUT2D eigenvalue weighted by molar-refractivity contribution is -0.127. The number of ether oxygens (including phenoxy) is 1. The van der Waals surface area contributed by atoms with Crippen LogP contribution in [0.5, 0.6) is 0 Å². The Bertz CT molecular complexity index is 741. The summed E-state index contributed by atoms with van der Waals surface area (Å²) in [5.41, 5.74) is 0. The van der Waals surface area contributed by atoms with Crippen molar-refractivity contribution in [1.82, 2.24) is 0 Å². The first-order valence-electron chi connectivity index (χ1n) is 19.0. The molecule has 0 aromatic carbocycles. The second kappa shape index (κ2) is 32.9. The average Bonchev–Trinajstić information content (AvgIpc) is 3.02. The number of allylic oxidation sites excluding steroid dienone is 2. The third-order valence-corrected chi connectivity index (χ3v) is 9.18. The topological polar surface area (TPSA) is 134 Å². The SMILES string of the molecule is CCCCCCCC/C=C\CCCCCC(OP(=O)(O)O)C(CC(=O)CCCCCCCCCCCCCCC)OC[C@@H](O)CO. The maximum Gasteiger partial charge on any atom is 0.469 e. The van der Waals surface area contributed by atoms with E-state index in [1.54, 1.807) is 0 Å². The molecular weight excluding hydrogens is 603 g/mol. The molecule has 0 radical (unpaired) electrons. The standard InChI is InChI=1S/C37H73O8P/c1-3-5-7-9-11-13-15-17-19-21-23-25-27-29-34(39)31-37(44-33-35(40)32-38)36(45-46(41,42)43)30-28-26-24-22-20-18-16-14-12-10-8-6-4-2/h18,20,35-38,40H,3-17,19,21-33H2,1-2H3,(H2,41,42,43)/b20-18-/t35-,36?,37?/m0/s1. The van der Waals surface area contributed by atoms with Crippen molar-refractivity contribution in [2.75, 3.05) is 13.2 Å². The molecule has 2 unspecified atom stereocenters. The quantitative estimate of drug-likeness (QED) is 0.0293. The van der Waals surface area contributed by atoms with E-state index in [9.17, 15) is 29.4 Å². The molecule has 9 heteroatoms. The Labute approximate surface area is 282 Å². The number of ketones is 1. The highest BCUT2D eigenvalue weighted by atomic mass is 31.2. The van der Waals surface area contributed by atoms with Gasteiger partial charge in [-0.2, -0.15) is 0 Å². The van der Waals surface area contributed by atoms with Crippen molar-refractivity contribution < 1.29 is 38.6 Å². The number of aliphatic hydroxyl groups excluding tert-OH is 2. The van der Waals surface area contributed by atoms with Crippen molar-refractivity contribution in [1.29, 1.82) is 0 Å². The predicted molar refractivity (Wildman–Crippen MR) is 190 cm³/mol. The van der Waals surface area contributed by atoms with E-state index in [0.717, 1.165) is 44.9 Å². The van der Waals surface area contributed by atoms with Gasteiger partial charge in [-0.05, 0) is 38.5 Å². The van der Waals surface area contributed by atoms with Gasteiger partial charge in [0, 0.05) is 12.8 Å². The maximum atomic E-state index is 12.9. The van der Waals surface area contributed by atoms with Crippen LogP contribution in [0.3, 0.4) is 0 Å². The summed E-state index contributed by atoms with van der Waals surface area (Å²) >= 11 is 0. The first kappa shape index (κ1) is 45.4. The van der Waals surface area contributed by atoms with Crippen LogP contribution in [0.2, 0.25) is 0 Å². The van der Waals surface area contributed by atoms with Crippen LogP contribution in [0.1, 0.15) is 187 Å². The Morgan fingerprint density at radius 2 is 1.09 bits per heavy atom. The number of carbonyl (C=O) groups excluding carboxylic acids is 1. The minimum Gasteiger partial charge on any atom is -0.394 e. The molecule has 0 bridgehead atoms. The molecule has 0 aromatic heterocycles. The van der Waals surface area contributed by atoms with Crippen LogP contribution in [0, 0.1) is 0 Å². The number of aliphatic hydroxyl groups is 2. The number of rotatable bonds is 36. The summed E-state index contributed by atoms with van der Waals surface area (Å²) in [7, 11) is -4.83. The molecule has 0 aliphatic heterocycles. The zero-order valence-corrected chi connectivity index (χ0v) is 30.7. The van der Waals surface area contributed by atoms with Gasteiger partial charge in [-0.15, -0.1) is 0 Å². The van der Waals surface area contributed by atoms with Crippen LogP contribution in [-0.2, 0) is 18.6 Å². The van der Waals surface area contributed by atoms with Gasteiger partial charge in [0.2, 0.25) is 0 Å². The summed E-state index contributed by atoms with van der Waals surface area (Å²) in [5, 5.41) is 19.0. The fraction of sp³-hybridized carbons (Fsp3) is 0.919. The second-order valence-electron chi connectivity index (χ2n) is 13.2. The molecule has 0 aliphatic rings. The van der Waals surface area contributed by atoms with Gasteiger partial charge in [-0.25, -0.2) is 4.57 Å². The van der Waals surface area contributed by atoms with Crippen molar-refractivity contribution >= 4 is 13.6 Å². The van der Waals surface area contributed by atoms with E-state index in [0.29, 0.717) is 19.3 Å². The smallest absolute Gasteiger partial charge is 0.394 e. The Balaban J connectivity index is 4.52. The fourth-order valence-corrected chi connectivity index (χ4v) is 6.39. The number of unbranched alkanes of at least 4 members (excludes halogenated alkanes) is 21. The van der Waals surface area contributed by atoms with E-state index in [1.807, 2.05) is 0 Å². The summed E-state index contributed by atoms with van der Waals surface area (Å²) in [4.78, 5) is 32.0. The third-order valence-electron chi connectivity index (χ3n) is 8.64. The number of hydrogen-bond donors (Lipinski definition) is 4.